The summed E-state index contributed by atoms with van der Waals surface area (Å²) in [6, 6.07) is 0. The monoisotopic (exact) mass is 170 g/mol. The molecule has 12 heavy (non-hydrogen) atoms. The molecule has 0 aromatic heterocycles. The molecule has 0 radical (unpaired) electrons. The van der Waals surface area contributed by atoms with Crippen molar-refractivity contribution >= 4 is 6.29 Å². The Morgan fingerprint density at radius 2 is 2.08 bits per heavy atom. The van der Waals surface area contributed by atoms with Crippen LogP contribution in [0, 0.1) is 11.3 Å². The zero-order valence-electron chi connectivity index (χ0n) is 7.75. The average molecular weight is 170 g/mol. The summed E-state index contributed by atoms with van der Waals surface area (Å²) in [6.45, 7) is 2.23. The fraction of sp³-hybridized carbons (Fsp3) is 0.900. The minimum Gasteiger partial charge on any atom is -0.395 e. The van der Waals surface area contributed by atoms with Crippen molar-refractivity contribution in [3.8, 4) is 0 Å². The topological polar surface area (TPSA) is 37.3 Å². The first-order valence-electron chi connectivity index (χ1n) is 4.83. The Morgan fingerprint density at radius 1 is 1.50 bits per heavy atom. The minimum atomic E-state index is -0.383. The molecule has 0 aromatic carbocycles. The van der Waals surface area contributed by atoms with Gasteiger partial charge in [0.2, 0.25) is 0 Å². The van der Waals surface area contributed by atoms with Crippen LogP contribution in [0.15, 0.2) is 0 Å². The van der Waals surface area contributed by atoms with Gasteiger partial charge in [0.05, 0.1) is 6.61 Å². The lowest BCUT2D eigenvalue weighted by Crippen LogP contribution is -2.32. The maximum absolute atomic E-state index is 10.7. The van der Waals surface area contributed by atoms with E-state index in [1.54, 1.807) is 0 Å². The van der Waals surface area contributed by atoms with Gasteiger partial charge in [-0.05, 0) is 31.6 Å². The van der Waals surface area contributed by atoms with Gasteiger partial charge in [0.25, 0.3) is 0 Å². The molecule has 1 N–H and O–H groups in total. The lowest BCUT2D eigenvalue weighted by Gasteiger charge is -2.34. The summed E-state index contributed by atoms with van der Waals surface area (Å²) in [4.78, 5) is 10.7. The lowest BCUT2D eigenvalue weighted by atomic mass is 9.71. The van der Waals surface area contributed by atoms with Crippen LogP contribution in [-0.4, -0.2) is 18.0 Å². The molecule has 0 amide bonds. The second kappa shape index (κ2) is 4.04. The average Bonchev–Trinajstić information content (AvgIpc) is 2.18. The van der Waals surface area contributed by atoms with Crippen LogP contribution in [0.5, 0.6) is 0 Å². The number of aliphatic hydroxyl groups is 1. The predicted molar refractivity (Wildman–Crippen MR) is 47.8 cm³/mol. The second-order valence-corrected chi connectivity index (χ2v) is 3.99. The summed E-state index contributed by atoms with van der Waals surface area (Å²) >= 11 is 0. The quantitative estimate of drug-likeness (QED) is 0.655. The van der Waals surface area contributed by atoms with E-state index in [4.69, 9.17) is 5.11 Å². The highest BCUT2D eigenvalue weighted by molar-refractivity contribution is 5.59. The van der Waals surface area contributed by atoms with Crippen molar-refractivity contribution in [3.63, 3.8) is 0 Å². The fourth-order valence-electron chi connectivity index (χ4n) is 1.97. The van der Waals surface area contributed by atoms with Crippen molar-refractivity contribution < 1.29 is 9.90 Å². The molecule has 1 rings (SSSR count). The highest BCUT2D eigenvalue weighted by atomic mass is 16.3. The van der Waals surface area contributed by atoms with Crippen LogP contribution in [-0.2, 0) is 4.79 Å². The van der Waals surface area contributed by atoms with Crippen molar-refractivity contribution in [2.24, 2.45) is 11.3 Å². The van der Waals surface area contributed by atoms with Gasteiger partial charge in [-0.1, -0.05) is 13.3 Å². The number of hydrogen-bond donors (Lipinski definition) is 1. The zero-order valence-corrected chi connectivity index (χ0v) is 7.75. The van der Waals surface area contributed by atoms with E-state index in [1.807, 2.05) is 0 Å². The number of carbonyl (C=O) groups excluding carboxylic acids is 1. The molecule has 2 heteroatoms. The Kier molecular flexibility index (Phi) is 3.27. The fourth-order valence-corrected chi connectivity index (χ4v) is 1.97. The van der Waals surface area contributed by atoms with Gasteiger partial charge < -0.3 is 9.90 Å². The molecule has 70 valence electrons. The Labute approximate surface area is 74.0 Å². The summed E-state index contributed by atoms with van der Waals surface area (Å²) in [5.41, 5.74) is -0.383. The molecular formula is C10H18O2. The van der Waals surface area contributed by atoms with Gasteiger partial charge in [-0.15, -0.1) is 0 Å². The van der Waals surface area contributed by atoms with E-state index in [2.05, 4.69) is 6.92 Å². The number of aldehydes is 1. The third-order valence-corrected chi connectivity index (χ3v) is 3.24. The standard InChI is InChI=1S/C10H18O2/c1-2-9-3-5-10(7-11,8-12)6-4-9/h7,9,12H,2-6,8H2,1H3. The number of hydrogen-bond acceptors (Lipinski definition) is 2. The molecule has 1 aliphatic rings. The first-order valence-corrected chi connectivity index (χ1v) is 4.83. The molecular weight excluding hydrogens is 152 g/mol. The highest BCUT2D eigenvalue weighted by Crippen LogP contribution is 2.37. The van der Waals surface area contributed by atoms with Crippen LogP contribution in [0.2, 0.25) is 0 Å². The Balaban J connectivity index is 2.47. The maximum Gasteiger partial charge on any atom is 0.128 e. The van der Waals surface area contributed by atoms with Crippen molar-refractivity contribution in [2.75, 3.05) is 6.61 Å². The molecule has 0 saturated heterocycles. The van der Waals surface area contributed by atoms with Crippen LogP contribution >= 0.6 is 0 Å². The first kappa shape index (κ1) is 9.72. The van der Waals surface area contributed by atoms with E-state index in [9.17, 15) is 4.79 Å². The summed E-state index contributed by atoms with van der Waals surface area (Å²) < 4.78 is 0. The molecule has 0 heterocycles. The van der Waals surface area contributed by atoms with Gasteiger partial charge in [0.15, 0.2) is 0 Å². The van der Waals surface area contributed by atoms with Crippen LogP contribution in [0.25, 0.3) is 0 Å². The molecule has 0 unspecified atom stereocenters. The van der Waals surface area contributed by atoms with E-state index < -0.39 is 0 Å². The van der Waals surface area contributed by atoms with Crippen LogP contribution < -0.4 is 0 Å². The first-order chi connectivity index (χ1) is 5.76. The van der Waals surface area contributed by atoms with E-state index in [0.29, 0.717) is 0 Å². The molecule has 0 bridgehead atoms. The maximum atomic E-state index is 10.7. The molecule has 0 spiro atoms. The Hall–Kier alpha value is -0.370. The predicted octanol–water partition coefficient (Wildman–Crippen LogP) is 1.76. The molecule has 1 saturated carbocycles. The number of aliphatic hydroxyl groups excluding tert-OH is 1. The third-order valence-electron chi connectivity index (χ3n) is 3.24. The smallest absolute Gasteiger partial charge is 0.128 e. The van der Waals surface area contributed by atoms with E-state index in [0.717, 1.165) is 37.9 Å². The van der Waals surface area contributed by atoms with Gasteiger partial charge in [0, 0.05) is 5.41 Å². The largest absolute Gasteiger partial charge is 0.395 e. The van der Waals surface area contributed by atoms with Crippen LogP contribution in [0.4, 0.5) is 0 Å². The summed E-state index contributed by atoms with van der Waals surface area (Å²) in [5, 5.41) is 9.07. The zero-order chi connectivity index (χ0) is 9.03. The normalized spacial score (nSPS) is 36.3. The van der Waals surface area contributed by atoms with Crippen molar-refractivity contribution in [3.05, 3.63) is 0 Å². The van der Waals surface area contributed by atoms with Gasteiger partial charge in [-0.2, -0.15) is 0 Å². The van der Waals surface area contributed by atoms with Crippen molar-refractivity contribution in [1.29, 1.82) is 0 Å². The molecule has 0 atom stereocenters. The number of rotatable bonds is 3. The van der Waals surface area contributed by atoms with Crippen molar-refractivity contribution in [1.82, 2.24) is 0 Å². The van der Waals surface area contributed by atoms with Crippen LogP contribution in [0.1, 0.15) is 39.0 Å². The molecule has 1 fully saturated rings. The van der Waals surface area contributed by atoms with Gasteiger partial charge in [-0.25, -0.2) is 0 Å². The van der Waals surface area contributed by atoms with Crippen molar-refractivity contribution in [2.45, 2.75) is 39.0 Å². The molecule has 0 aliphatic heterocycles. The van der Waals surface area contributed by atoms with E-state index in [1.165, 1.54) is 6.42 Å². The Bertz CT molecular complexity index is 146. The van der Waals surface area contributed by atoms with Gasteiger partial charge >= 0.3 is 0 Å². The van der Waals surface area contributed by atoms with E-state index in [-0.39, 0.29) is 12.0 Å². The summed E-state index contributed by atoms with van der Waals surface area (Å²) in [5.74, 6) is 0.782. The van der Waals surface area contributed by atoms with Gasteiger partial charge in [0.1, 0.15) is 6.29 Å². The lowest BCUT2D eigenvalue weighted by molar-refractivity contribution is -0.120. The highest BCUT2D eigenvalue weighted by Gasteiger charge is 2.33. The second-order valence-electron chi connectivity index (χ2n) is 3.99. The third kappa shape index (κ3) is 1.86. The molecule has 1 aliphatic carbocycles. The summed E-state index contributed by atoms with van der Waals surface area (Å²) in [6.07, 6.45) is 6.14. The Morgan fingerprint density at radius 3 is 2.42 bits per heavy atom. The minimum absolute atomic E-state index is 0.0347. The number of carbonyl (C=O) groups is 1. The SMILES string of the molecule is CCC1CCC(C=O)(CO)CC1. The van der Waals surface area contributed by atoms with E-state index >= 15 is 0 Å². The van der Waals surface area contributed by atoms with Crippen LogP contribution in [0.3, 0.4) is 0 Å². The molecule has 0 aromatic rings. The summed E-state index contributed by atoms with van der Waals surface area (Å²) in [7, 11) is 0. The van der Waals surface area contributed by atoms with Gasteiger partial charge in [-0.3, -0.25) is 0 Å². The molecule has 2 nitrogen and oxygen atoms in total.